The van der Waals surface area contributed by atoms with Crippen LogP contribution in [0.5, 0.6) is 23.0 Å². The van der Waals surface area contributed by atoms with Gasteiger partial charge < -0.3 is 30.5 Å². The molecule has 0 radical (unpaired) electrons. The molecule has 0 spiro atoms. The molecule has 0 aliphatic rings. The van der Waals surface area contributed by atoms with Crippen molar-refractivity contribution < 1.29 is 30.0 Å². The van der Waals surface area contributed by atoms with E-state index in [0.29, 0.717) is 11.1 Å². The molecule has 154 valence electrons. The third-order valence-electron chi connectivity index (χ3n) is 3.86. The molecule has 2 rings (SSSR count). The fourth-order valence-corrected chi connectivity index (χ4v) is 2.69. The smallest absolute Gasteiger partial charge is 0.329 e. The number of hydrogen-bond donors (Lipinski definition) is 5. The molecule has 8 heteroatoms. The second-order valence-electron chi connectivity index (χ2n) is 6.66. The number of carbonyl (C=O) groups is 1. The average Bonchev–Trinajstić information content (AvgIpc) is 2.64. The van der Waals surface area contributed by atoms with Crippen LogP contribution in [0.15, 0.2) is 42.5 Å². The van der Waals surface area contributed by atoms with Crippen molar-refractivity contribution in [3.63, 3.8) is 0 Å². The molecule has 2 aromatic carbocycles. The summed E-state index contributed by atoms with van der Waals surface area (Å²) < 4.78 is 5.27. The van der Waals surface area contributed by atoms with Crippen LogP contribution < -0.4 is 5.32 Å². The Morgan fingerprint density at radius 2 is 1.66 bits per heavy atom. The Morgan fingerprint density at radius 1 is 1.03 bits per heavy atom. The van der Waals surface area contributed by atoms with Crippen molar-refractivity contribution >= 4 is 29.3 Å². The maximum Gasteiger partial charge on any atom is 0.329 e. The predicted molar refractivity (Wildman–Crippen MR) is 113 cm³/mol. The van der Waals surface area contributed by atoms with E-state index in [0.717, 1.165) is 0 Å². The number of thiocarbonyl (C=S) groups is 1. The maximum absolute atomic E-state index is 12.5. The Hall–Kier alpha value is -3.26. The normalized spacial score (nSPS) is 12.1. The largest absolute Gasteiger partial charge is 0.504 e. The molecule has 0 unspecified atom stereocenters. The zero-order valence-corrected chi connectivity index (χ0v) is 16.8. The molecule has 0 aliphatic heterocycles. The van der Waals surface area contributed by atoms with Crippen molar-refractivity contribution in [2.75, 3.05) is 0 Å². The van der Waals surface area contributed by atoms with Gasteiger partial charge in [-0.25, -0.2) is 4.79 Å². The van der Waals surface area contributed by atoms with Crippen molar-refractivity contribution in [3.05, 3.63) is 53.6 Å². The molecule has 0 aromatic heterocycles. The van der Waals surface area contributed by atoms with Gasteiger partial charge in [0, 0.05) is 6.42 Å². The summed E-state index contributed by atoms with van der Waals surface area (Å²) in [6, 6.07) is 7.80. The van der Waals surface area contributed by atoms with E-state index in [2.05, 4.69) is 5.32 Å². The number of hydrogen-bond acceptors (Lipinski definition) is 7. The van der Waals surface area contributed by atoms with E-state index in [1.54, 1.807) is 38.1 Å². The first kappa shape index (κ1) is 22.0. The van der Waals surface area contributed by atoms with E-state index in [-0.39, 0.29) is 40.5 Å². The fraction of sp³-hybridized carbons (Fsp3) is 0.238. The van der Waals surface area contributed by atoms with Crippen molar-refractivity contribution in [3.8, 4) is 23.0 Å². The molecule has 0 fully saturated rings. The number of phenolic OH excluding ortho intramolecular Hbond substituents is 4. The summed E-state index contributed by atoms with van der Waals surface area (Å²) >= 11 is 5.28. The molecular formula is C21H23NO6S. The summed E-state index contributed by atoms with van der Waals surface area (Å²) in [6.07, 6.45) is 3.02. The zero-order chi connectivity index (χ0) is 21.6. The number of esters is 1. The Bertz CT molecular complexity index is 925. The quantitative estimate of drug-likeness (QED) is 0.202. The van der Waals surface area contributed by atoms with Gasteiger partial charge in [0.1, 0.15) is 6.04 Å². The highest BCUT2D eigenvalue weighted by atomic mass is 32.1. The molecule has 0 saturated carbocycles. The van der Waals surface area contributed by atoms with Gasteiger partial charge in [0.05, 0.1) is 11.1 Å². The monoisotopic (exact) mass is 417 g/mol. The second kappa shape index (κ2) is 9.79. The highest BCUT2D eigenvalue weighted by Crippen LogP contribution is 2.26. The van der Waals surface area contributed by atoms with Gasteiger partial charge in [-0.3, -0.25) is 0 Å². The summed E-state index contributed by atoms with van der Waals surface area (Å²) in [7, 11) is 0. The Labute approximate surface area is 173 Å². The molecule has 5 N–H and O–H groups in total. The summed E-state index contributed by atoms with van der Waals surface area (Å²) in [5, 5.41) is 40.9. The molecule has 29 heavy (non-hydrogen) atoms. The molecule has 7 nitrogen and oxygen atoms in total. The minimum absolute atomic E-state index is 0.174. The van der Waals surface area contributed by atoms with Crippen LogP contribution >= 0.6 is 12.2 Å². The van der Waals surface area contributed by atoms with E-state index >= 15 is 0 Å². The summed E-state index contributed by atoms with van der Waals surface area (Å²) in [4.78, 5) is 12.7. The summed E-state index contributed by atoms with van der Waals surface area (Å²) in [5.41, 5.74) is 1.21. The van der Waals surface area contributed by atoms with Crippen LogP contribution in [0.1, 0.15) is 25.0 Å². The maximum atomic E-state index is 12.5. The lowest BCUT2D eigenvalue weighted by Crippen LogP contribution is -2.42. The number of ether oxygens (including phenoxy) is 1. The van der Waals surface area contributed by atoms with E-state index in [1.165, 1.54) is 24.3 Å². The summed E-state index contributed by atoms with van der Waals surface area (Å²) in [6.45, 7) is 3.47. The summed E-state index contributed by atoms with van der Waals surface area (Å²) in [5.74, 6) is -1.52. The van der Waals surface area contributed by atoms with Gasteiger partial charge in [0.2, 0.25) is 0 Å². The van der Waals surface area contributed by atoms with Crippen molar-refractivity contribution in [2.24, 2.45) is 0 Å². The lowest BCUT2D eigenvalue weighted by Gasteiger charge is -2.20. The third-order valence-corrected chi connectivity index (χ3v) is 4.11. The van der Waals surface area contributed by atoms with Crippen molar-refractivity contribution in [2.45, 2.75) is 32.4 Å². The van der Waals surface area contributed by atoms with Crippen LogP contribution in [-0.4, -0.2) is 43.5 Å². The number of nitrogens with one attached hydrogen (secondary N) is 1. The molecule has 0 bridgehead atoms. The van der Waals surface area contributed by atoms with Gasteiger partial charge in [-0.15, -0.1) is 0 Å². The number of benzene rings is 2. The SMILES string of the molecule is CC(C)OC(=O)[C@H](Cc1ccc(O)c(O)c1)NC(=S)/C=C/c1ccc(O)c(O)c1. The minimum atomic E-state index is -0.813. The van der Waals surface area contributed by atoms with Gasteiger partial charge in [-0.1, -0.05) is 30.4 Å². The van der Waals surface area contributed by atoms with Gasteiger partial charge >= 0.3 is 5.97 Å². The standard InChI is InChI=1S/C21H23NO6S/c1-12(2)28-21(27)15(9-14-4-7-17(24)19(26)11-14)22-20(29)8-5-13-3-6-16(23)18(25)10-13/h3-8,10-12,15,23-26H,9H2,1-2H3,(H,22,29)/b8-5+/t15-/m0/s1. The van der Waals surface area contributed by atoms with Crippen molar-refractivity contribution in [1.29, 1.82) is 0 Å². The zero-order valence-electron chi connectivity index (χ0n) is 16.0. The number of aromatic hydroxyl groups is 4. The first-order chi connectivity index (χ1) is 13.7. The average molecular weight is 417 g/mol. The Balaban J connectivity index is 2.13. The van der Waals surface area contributed by atoms with Crippen molar-refractivity contribution in [1.82, 2.24) is 5.32 Å². The van der Waals surface area contributed by atoms with Crippen LogP contribution in [0.4, 0.5) is 0 Å². The molecule has 0 saturated heterocycles. The van der Waals surface area contributed by atoms with Gasteiger partial charge in [-0.2, -0.15) is 0 Å². The number of carbonyl (C=O) groups excluding carboxylic acids is 1. The van der Waals surface area contributed by atoms with Crippen LogP contribution in [0.2, 0.25) is 0 Å². The highest BCUT2D eigenvalue weighted by Gasteiger charge is 2.22. The van der Waals surface area contributed by atoms with Gasteiger partial charge in [-0.05, 0) is 55.3 Å². The lowest BCUT2D eigenvalue weighted by molar-refractivity contribution is -0.149. The van der Waals surface area contributed by atoms with Crippen LogP contribution in [0.3, 0.4) is 0 Å². The molecule has 0 amide bonds. The van der Waals surface area contributed by atoms with E-state index in [9.17, 15) is 25.2 Å². The fourth-order valence-electron chi connectivity index (χ4n) is 2.48. The topological polar surface area (TPSA) is 119 Å². The minimum Gasteiger partial charge on any atom is -0.504 e. The van der Waals surface area contributed by atoms with Gasteiger partial charge in [0.15, 0.2) is 23.0 Å². The van der Waals surface area contributed by atoms with Crippen LogP contribution in [0.25, 0.3) is 6.08 Å². The first-order valence-electron chi connectivity index (χ1n) is 8.87. The molecule has 0 heterocycles. The second-order valence-corrected chi connectivity index (χ2v) is 7.10. The van der Waals surface area contributed by atoms with E-state index in [1.807, 2.05) is 0 Å². The number of rotatable bonds is 7. The molecular weight excluding hydrogens is 394 g/mol. The first-order valence-corrected chi connectivity index (χ1v) is 9.28. The van der Waals surface area contributed by atoms with Crippen LogP contribution in [-0.2, 0) is 16.0 Å². The number of phenols is 4. The van der Waals surface area contributed by atoms with E-state index < -0.39 is 12.0 Å². The predicted octanol–water partition coefficient (Wildman–Crippen LogP) is 3.00. The molecule has 2 aromatic rings. The lowest BCUT2D eigenvalue weighted by atomic mass is 10.0. The van der Waals surface area contributed by atoms with E-state index in [4.69, 9.17) is 17.0 Å². The Kier molecular flexibility index (Phi) is 7.44. The van der Waals surface area contributed by atoms with Gasteiger partial charge in [0.25, 0.3) is 0 Å². The third kappa shape index (κ3) is 6.69. The Morgan fingerprint density at radius 3 is 2.24 bits per heavy atom. The highest BCUT2D eigenvalue weighted by molar-refractivity contribution is 7.80. The van der Waals surface area contributed by atoms with Crippen LogP contribution in [0, 0.1) is 0 Å². The molecule has 1 atom stereocenters. The molecule has 0 aliphatic carbocycles.